The zero-order valence-corrected chi connectivity index (χ0v) is 16.9. The van der Waals surface area contributed by atoms with Crippen LogP contribution in [0.2, 0.25) is 10.0 Å². The topological polar surface area (TPSA) is 59.8 Å². The van der Waals surface area contributed by atoms with Crippen LogP contribution in [0.4, 0.5) is 16.0 Å². The Morgan fingerprint density at radius 3 is 2.43 bits per heavy atom. The molecular formula is C19H15Cl2FN4OS. The van der Waals surface area contributed by atoms with Gasteiger partial charge in [-0.3, -0.25) is 9.36 Å². The van der Waals surface area contributed by atoms with Crippen LogP contribution in [0.1, 0.15) is 24.6 Å². The van der Waals surface area contributed by atoms with E-state index in [1.807, 2.05) is 0 Å². The van der Waals surface area contributed by atoms with Gasteiger partial charge in [-0.1, -0.05) is 23.2 Å². The number of hydrogen-bond donors (Lipinski definition) is 1. The van der Waals surface area contributed by atoms with Crippen LogP contribution in [0.5, 0.6) is 0 Å². The van der Waals surface area contributed by atoms with E-state index in [2.05, 4.69) is 15.5 Å². The van der Waals surface area contributed by atoms with Gasteiger partial charge in [0.05, 0.1) is 0 Å². The molecule has 0 bridgehead atoms. The molecule has 3 aromatic rings. The van der Waals surface area contributed by atoms with Crippen LogP contribution in [0.25, 0.3) is 0 Å². The van der Waals surface area contributed by atoms with E-state index in [4.69, 9.17) is 23.2 Å². The highest BCUT2D eigenvalue weighted by atomic mass is 35.5. The highest BCUT2D eigenvalue weighted by molar-refractivity contribution is 7.98. The molecule has 1 heterocycles. The molecular weight excluding hydrogens is 422 g/mol. The van der Waals surface area contributed by atoms with Gasteiger partial charge in [-0.25, -0.2) is 4.39 Å². The first-order valence-corrected chi connectivity index (χ1v) is 10.3. The van der Waals surface area contributed by atoms with E-state index in [1.54, 1.807) is 34.9 Å². The standard InChI is InChI=1S/C19H15Cl2FN4OS/c20-11-7-12(21)9-14(8-11)23-19-25-24-17(18(27)26(19)15-3-4-15)10-28-16-5-1-13(22)2-6-16/h1-2,5-9,15H,3-4,10H2,(H,23,25). The maximum Gasteiger partial charge on any atom is 0.278 e. The van der Waals surface area contributed by atoms with Gasteiger partial charge in [0.1, 0.15) is 11.5 Å². The van der Waals surface area contributed by atoms with Gasteiger partial charge in [-0.05, 0) is 55.3 Å². The Hall–Kier alpha value is -2.09. The van der Waals surface area contributed by atoms with Crippen LogP contribution in [0, 0.1) is 5.82 Å². The van der Waals surface area contributed by atoms with Gasteiger partial charge >= 0.3 is 0 Å². The molecule has 0 spiro atoms. The van der Waals surface area contributed by atoms with Crippen LogP contribution in [-0.4, -0.2) is 14.8 Å². The molecule has 9 heteroatoms. The Labute approximate surface area is 174 Å². The average Bonchev–Trinajstić information content (AvgIpc) is 3.46. The van der Waals surface area contributed by atoms with Crippen molar-refractivity contribution < 1.29 is 4.39 Å². The highest BCUT2D eigenvalue weighted by Crippen LogP contribution is 2.36. The SMILES string of the molecule is O=c1c(CSc2ccc(F)cc2)nnc(Nc2cc(Cl)cc(Cl)c2)n1C1CC1. The summed E-state index contributed by atoms with van der Waals surface area (Å²) >= 11 is 13.5. The van der Waals surface area contributed by atoms with Crippen LogP contribution < -0.4 is 10.9 Å². The predicted molar refractivity (Wildman–Crippen MR) is 110 cm³/mol. The van der Waals surface area contributed by atoms with E-state index >= 15 is 0 Å². The average molecular weight is 437 g/mol. The second-order valence-electron chi connectivity index (χ2n) is 6.40. The van der Waals surface area contributed by atoms with Crippen molar-refractivity contribution in [1.82, 2.24) is 14.8 Å². The number of benzene rings is 2. The van der Waals surface area contributed by atoms with Gasteiger partial charge < -0.3 is 5.32 Å². The van der Waals surface area contributed by atoms with E-state index in [0.29, 0.717) is 33.1 Å². The fourth-order valence-electron chi connectivity index (χ4n) is 2.72. The first kappa shape index (κ1) is 19.2. The molecule has 1 fully saturated rings. The lowest BCUT2D eigenvalue weighted by Crippen LogP contribution is -2.27. The molecule has 0 atom stereocenters. The normalized spacial score (nSPS) is 13.5. The maximum absolute atomic E-state index is 13.0. The second kappa shape index (κ2) is 8.11. The molecule has 0 radical (unpaired) electrons. The number of halogens is 3. The molecule has 0 saturated heterocycles. The van der Waals surface area contributed by atoms with Gasteiger partial charge in [0.2, 0.25) is 5.95 Å². The zero-order valence-electron chi connectivity index (χ0n) is 14.5. The second-order valence-corrected chi connectivity index (χ2v) is 8.32. The summed E-state index contributed by atoms with van der Waals surface area (Å²) in [6.07, 6.45) is 1.84. The highest BCUT2D eigenvalue weighted by Gasteiger charge is 2.29. The molecule has 1 N–H and O–H groups in total. The number of nitrogens with zero attached hydrogens (tertiary/aromatic N) is 3. The lowest BCUT2D eigenvalue weighted by molar-refractivity contribution is 0.626. The van der Waals surface area contributed by atoms with Gasteiger partial charge in [-0.15, -0.1) is 22.0 Å². The summed E-state index contributed by atoms with van der Waals surface area (Å²) in [6, 6.07) is 11.3. The van der Waals surface area contributed by atoms with Crippen molar-refractivity contribution >= 4 is 46.6 Å². The fraction of sp³-hybridized carbons (Fsp3) is 0.211. The van der Waals surface area contributed by atoms with Crippen LogP contribution >= 0.6 is 35.0 Å². The van der Waals surface area contributed by atoms with E-state index in [9.17, 15) is 9.18 Å². The summed E-state index contributed by atoms with van der Waals surface area (Å²) in [7, 11) is 0. The Morgan fingerprint density at radius 1 is 1.11 bits per heavy atom. The van der Waals surface area contributed by atoms with E-state index in [1.165, 1.54) is 23.9 Å². The summed E-state index contributed by atoms with van der Waals surface area (Å²) in [6.45, 7) is 0. The molecule has 0 amide bonds. The monoisotopic (exact) mass is 436 g/mol. The van der Waals surface area contributed by atoms with Crippen molar-refractivity contribution in [3.63, 3.8) is 0 Å². The number of rotatable bonds is 6. The van der Waals surface area contributed by atoms with Gasteiger partial charge in [0.15, 0.2) is 0 Å². The molecule has 1 aliphatic carbocycles. The minimum atomic E-state index is -0.295. The Morgan fingerprint density at radius 2 is 1.79 bits per heavy atom. The smallest absolute Gasteiger partial charge is 0.278 e. The van der Waals surface area contributed by atoms with E-state index in [0.717, 1.165) is 17.7 Å². The first-order chi connectivity index (χ1) is 13.5. The number of thioether (sulfide) groups is 1. The van der Waals surface area contributed by atoms with Gasteiger partial charge in [0.25, 0.3) is 5.56 Å². The van der Waals surface area contributed by atoms with Crippen molar-refractivity contribution in [3.8, 4) is 0 Å². The van der Waals surface area contributed by atoms with Crippen LogP contribution in [-0.2, 0) is 5.75 Å². The first-order valence-electron chi connectivity index (χ1n) is 8.59. The van der Waals surface area contributed by atoms with E-state index in [-0.39, 0.29) is 17.4 Å². The number of nitrogens with one attached hydrogen (secondary N) is 1. The molecule has 1 saturated carbocycles. The summed E-state index contributed by atoms with van der Waals surface area (Å²) in [5, 5.41) is 12.4. The Bertz CT molecular complexity index is 1050. The molecule has 5 nitrogen and oxygen atoms in total. The van der Waals surface area contributed by atoms with Gasteiger partial charge in [-0.2, -0.15) is 0 Å². The number of anilines is 2. The summed E-state index contributed by atoms with van der Waals surface area (Å²) in [5.41, 5.74) is 0.813. The minimum Gasteiger partial charge on any atom is -0.324 e. The Balaban J connectivity index is 1.59. The summed E-state index contributed by atoms with van der Waals surface area (Å²) in [4.78, 5) is 13.8. The number of hydrogen-bond acceptors (Lipinski definition) is 5. The van der Waals surface area contributed by atoms with E-state index < -0.39 is 0 Å². The van der Waals surface area contributed by atoms with Crippen molar-refractivity contribution in [3.05, 3.63) is 74.4 Å². The third kappa shape index (κ3) is 4.48. The fourth-order valence-corrected chi connectivity index (χ4v) is 4.06. The largest absolute Gasteiger partial charge is 0.324 e. The minimum absolute atomic E-state index is 0.106. The third-order valence-electron chi connectivity index (χ3n) is 4.18. The zero-order chi connectivity index (χ0) is 19.7. The predicted octanol–water partition coefficient (Wildman–Crippen LogP) is 5.46. The molecule has 28 heavy (non-hydrogen) atoms. The molecule has 1 aromatic heterocycles. The molecule has 0 aliphatic heterocycles. The van der Waals surface area contributed by atoms with Crippen molar-refractivity contribution in [1.29, 1.82) is 0 Å². The molecule has 4 rings (SSSR count). The summed E-state index contributed by atoms with van der Waals surface area (Å²) in [5.74, 6) is 0.422. The van der Waals surface area contributed by atoms with Crippen molar-refractivity contribution in [2.75, 3.05) is 5.32 Å². The van der Waals surface area contributed by atoms with Crippen molar-refractivity contribution in [2.45, 2.75) is 29.5 Å². The molecule has 0 unspecified atom stereocenters. The molecule has 1 aliphatic rings. The van der Waals surface area contributed by atoms with Crippen LogP contribution in [0.15, 0.2) is 52.2 Å². The quantitative estimate of drug-likeness (QED) is 0.520. The van der Waals surface area contributed by atoms with Crippen LogP contribution in [0.3, 0.4) is 0 Å². The molecule has 144 valence electrons. The Kier molecular flexibility index (Phi) is 5.57. The third-order valence-corrected chi connectivity index (χ3v) is 5.64. The molecule has 2 aromatic carbocycles. The van der Waals surface area contributed by atoms with Crippen molar-refractivity contribution in [2.24, 2.45) is 0 Å². The van der Waals surface area contributed by atoms with Gasteiger partial charge in [0, 0.05) is 32.4 Å². The lowest BCUT2D eigenvalue weighted by Gasteiger charge is -2.14. The maximum atomic E-state index is 13.0. The summed E-state index contributed by atoms with van der Waals surface area (Å²) < 4.78 is 14.7. The lowest BCUT2D eigenvalue weighted by atomic mass is 10.3. The number of aromatic nitrogens is 3.